The molecule has 0 aromatic carbocycles. The summed E-state index contributed by atoms with van der Waals surface area (Å²) in [5, 5.41) is 9.02. The molecule has 16 heavy (non-hydrogen) atoms. The molecule has 0 aliphatic carbocycles. The third-order valence-electron chi connectivity index (χ3n) is 2.26. The van der Waals surface area contributed by atoms with Gasteiger partial charge < -0.3 is 0 Å². The van der Waals surface area contributed by atoms with Crippen LogP contribution in [0.5, 0.6) is 0 Å². The fourth-order valence-corrected chi connectivity index (χ4v) is 1.17. The Balaban J connectivity index is 2.96. The third kappa shape index (κ3) is 3.31. The fraction of sp³-hybridized carbons (Fsp3) is 0.500. The molecular formula is C12H19N3O. The van der Waals surface area contributed by atoms with Crippen molar-refractivity contribution in [1.82, 2.24) is 10.5 Å². The van der Waals surface area contributed by atoms with Crippen LogP contribution in [0.1, 0.15) is 33.3 Å². The van der Waals surface area contributed by atoms with E-state index in [1.807, 2.05) is 32.9 Å². The van der Waals surface area contributed by atoms with E-state index in [0.717, 1.165) is 6.42 Å². The molecule has 1 aromatic heterocycles. The van der Waals surface area contributed by atoms with Crippen molar-refractivity contribution >= 4 is 11.7 Å². The molecule has 4 nitrogen and oxygen atoms in total. The average molecular weight is 221 g/mol. The Kier molecular flexibility index (Phi) is 4.01. The van der Waals surface area contributed by atoms with Gasteiger partial charge in [-0.15, -0.1) is 0 Å². The summed E-state index contributed by atoms with van der Waals surface area (Å²) in [5.74, 6) is 1.10. The minimum Gasteiger partial charge on any atom is -0.290 e. The van der Waals surface area contributed by atoms with E-state index >= 15 is 0 Å². The van der Waals surface area contributed by atoms with Gasteiger partial charge in [-0.2, -0.15) is 0 Å². The van der Waals surface area contributed by atoms with E-state index in [0.29, 0.717) is 11.7 Å². The SMILES string of the molecule is CCc1ccc(N=C(NO)C(C)(C)C)nc1. The summed E-state index contributed by atoms with van der Waals surface area (Å²) < 4.78 is 0. The van der Waals surface area contributed by atoms with Gasteiger partial charge in [0.15, 0.2) is 5.82 Å². The molecule has 0 aliphatic rings. The summed E-state index contributed by atoms with van der Waals surface area (Å²) in [6, 6.07) is 3.84. The number of aromatic nitrogens is 1. The Bertz CT molecular complexity index is 363. The lowest BCUT2D eigenvalue weighted by atomic mass is 9.95. The zero-order chi connectivity index (χ0) is 12.2. The number of aliphatic imine (C=N–C) groups is 1. The Morgan fingerprint density at radius 3 is 2.50 bits per heavy atom. The van der Waals surface area contributed by atoms with Gasteiger partial charge in [0.05, 0.1) is 0 Å². The van der Waals surface area contributed by atoms with E-state index in [1.54, 1.807) is 6.20 Å². The molecule has 2 N–H and O–H groups in total. The van der Waals surface area contributed by atoms with Crippen LogP contribution in [0.3, 0.4) is 0 Å². The van der Waals surface area contributed by atoms with Gasteiger partial charge in [-0.05, 0) is 18.1 Å². The molecule has 1 aromatic rings. The lowest BCUT2D eigenvalue weighted by Gasteiger charge is -2.19. The van der Waals surface area contributed by atoms with Crippen LogP contribution in [0, 0.1) is 5.41 Å². The highest BCUT2D eigenvalue weighted by atomic mass is 16.5. The summed E-state index contributed by atoms with van der Waals surface area (Å²) in [4.78, 5) is 8.48. The van der Waals surface area contributed by atoms with Crippen LogP contribution in [0.2, 0.25) is 0 Å². The summed E-state index contributed by atoms with van der Waals surface area (Å²) in [6.07, 6.45) is 2.76. The summed E-state index contributed by atoms with van der Waals surface area (Å²) in [6.45, 7) is 7.98. The molecule has 1 rings (SSSR count). The molecule has 0 saturated carbocycles. The van der Waals surface area contributed by atoms with Crippen molar-refractivity contribution < 1.29 is 5.21 Å². The number of nitrogens with one attached hydrogen (secondary N) is 1. The maximum Gasteiger partial charge on any atom is 0.153 e. The highest BCUT2D eigenvalue weighted by molar-refractivity contribution is 5.87. The van der Waals surface area contributed by atoms with Gasteiger partial charge in [0.2, 0.25) is 0 Å². The summed E-state index contributed by atoms with van der Waals surface area (Å²) in [7, 11) is 0. The van der Waals surface area contributed by atoms with E-state index in [9.17, 15) is 0 Å². The van der Waals surface area contributed by atoms with Gasteiger partial charge in [0.25, 0.3) is 0 Å². The molecule has 0 bridgehead atoms. The van der Waals surface area contributed by atoms with Crippen molar-refractivity contribution in [3.63, 3.8) is 0 Å². The van der Waals surface area contributed by atoms with Gasteiger partial charge in [-0.3, -0.25) is 10.7 Å². The van der Waals surface area contributed by atoms with Gasteiger partial charge in [-0.1, -0.05) is 33.8 Å². The first-order chi connectivity index (χ1) is 7.47. The van der Waals surface area contributed by atoms with Crippen LogP contribution in [0.25, 0.3) is 0 Å². The smallest absolute Gasteiger partial charge is 0.153 e. The maximum atomic E-state index is 9.02. The zero-order valence-electron chi connectivity index (χ0n) is 10.3. The monoisotopic (exact) mass is 221 g/mol. The highest BCUT2D eigenvalue weighted by Gasteiger charge is 2.18. The first-order valence-corrected chi connectivity index (χ1v) is 5.41. The quantitative estimate of drug-likeness (QED) is 0.458. The van der Waals surface area contributed by atoms with Crippen molar-refractivity contribution in [2.24, 2.45) is 10.4 Å². The Hall–Kier alpha value is -1.42. The van der Waals surface area contributed by atoms with E-state index < -0.39 is 0 Å². The first-order valence-electron chi connectivity index (χ1n) is 5.41. The lowest BCUT2D eigenvalue weighted by molar-refractivity contribution is 0.221. The van der Waals surface area contributed by atoms with Crippen molar-refractivity contribution in [3.8, 4) is 0 Å². The van der Waals surface area contributed by atoms with Crippen molar-refractivity contribution in [3.05, 3.63) is 23.9 Å². The number of aryl methyl sites for hydroxylation is 1. The Labute approximate surface area is 96.4 Å². The molecule has 88 valence electrons. The standard InChI is InChI=1S/C12H19N3O/c1-5-9-6-7-10(13-8-9)14-11(15-16)12(2,3)4/h6-8,16H,5H2,1-4H3,(H,13,14,15). The van der Waals surface area contributed by atoms with E-state index in [-0.39, 0.29) is 5.41 Å². The van der Waals surface area contributed by atoms with Crippen LogP contribution in [-0.4, -0.2) is 16.0 Å². The van der Waals surface area contributed by atoms with Gasteiger partial charge in [0, 0.05) is 11.6 Å². The molecule has 0 unspecified atom stereocenters. The number of rotatable bonds is 2. The second-order valence-corrected chi connectivity index (χ2v) is 4.70. The van der Waals surface area contributed by atoms with Crippen molar-refractivity contribution in [2.45, 2.75) is 34.1 Å². The third-order valence-corrected chi connectivity index (χ3v) is 2.26. The number of hydroxylamine groups is 1. The zero-order valence-corrected chi connectivity index (χ0v) is 10.3. The second kappa shape index (κ2) is 5.07. The predicted molar refractivity (Wildman–Crippen MR) is 65.1 cm³/mol. The molecule has 0 aliphatic heterocycles. The number of hydrogen-bond donors (Lipinski definition) is 2. The molecule has 0 radical (unpaired) electrons. The van der Waals surface area contributed by atoms with E-state index in [2.05, 4.69) is 22.4 Å². The molecular weight excluding hydrogens is 202 g/mol. The molecule has 0 amide bonds. The Morgan fingerprint density at radius 2 is 2.12 bits per heavy atom. The number of hydrogen-bond acceptors (Lipinski definition) is 3. The molecule has 0 saturated heterocycles. The lowest BCUT2D eigenvalue weighted by Crippen LogP contribution is -2.32. The topological polar surface area (TPSA) is 57.5 Å². The Morgan fingerprint density at radius 1 is 1.44 bits per heavy atom. The molecule has 0 spiro atoms. The summed E-state index contributed by atoms with van der Waals surface area (Å²) in [5.41, 5.74) is 3.07. The molecule has 4 heteroatoms. The molecule has 0 atom stereocenters. The van der Waals surface area contributed by atoms with Crippen LogP contribution in [0.4, 0.5) is 5.82 Å². The van der Waals surface area contributed by atoms with Crippen LogP contribution >= 0.6 is 0 Å². The summed E-state index contributed by atoms with van der Waals surface area (Å²) >= 11 is 0. The number of pyridine rings is 1. The first kappa shape index (κ1) is 12.6. The van der Waals surface area contributed by atoms with Crippen molar-refractivity contribution in [1.29, 1.82) is 0 Å². The maximum absolute atomic E-state index is 9.02. The predicted octanol–water partition coefficient (Wildman–Crippen LogP) is 2.70. The molecule has 1 heterocycles. The van der Waals surface area contributed by atoms with Gasteiger partial charge in [0.1, 0.15) is 5.84 Å². The minimum atomic E-state index is -0.236. The number of amidine groups is 1. The van der Waals surface area contributed by atoms with Gasteiger partial charge in [-0.25, -0.2) is 9.98 Å². The normalized spacial score (nSPS) is 12.7. The fourth-order valence-electron chi connectivity index (χ4n) is 1.17. The van der Waals surface area contributed by atoms with Crippen LogP contribution < -0.4 is 5.48 Å². The average Bonchev–Trinajstić information content (AvgIpc) is 2.25. The number of nitrogens with zero attached hydrogens (tertiary/aromatic N) is 2. The second-order valence-electron chi connectivity index (χ2n) is 4.70. The largest absolute Gasteiger partial charge is 0.290 e. The molecule has 0 fully saturated rings. The van der Waals surface area contributed by atoms with E-state index in [4.69, 9.17) is 5.21 Å². The van der Waals surface area contributed by atoms with Crippen LogP contribution in [0.15, 0.2) is 23.3 Å². The minimum absolute atomic E-state index is 0.236. The van der Waals surface area contributed by atoms with Crippen molar-refractivity contribution in [2.75, 3.05) is 0 Å². The van der Waals surface area contributed by atoms with Gasteiger partial charge >= 0.3 is 0 Å². The highest BCUT2D eigenvalue weighted by Crippen LogP contribution is 2.18. The van der Waals surface area contributed by atoms with E-state index in [1.165, 1.54) is 5.56 Å². The van der Waals surface area contributed by atoms with Crippen LogP contribution in [-0.2, 0) is 6.42 Å².